The van der Waals surface area contributed by atoms with Gasteiger partial charge in [-0.3, -0.25) is 9.78 Å². The molecule has 1 saturated heterocycles. The molecule has 0 saturated carbocycles. The number of ether oxygens (including phenoxy) is 1. The zero-order chi connectivity index (χ0) is 16.1. The van der Waals surface area contributed by atoms with Crippen LogP contribution in [0.15, 0.2) is 36.8 Å². The average molecular weight is 313 g/mol. The Labute approximate surface area is 134 Å². The number of carbonyl (C=O) groups is 1. The molecule has 3 rings (SSSR count). The van der Waals surface area contributed by atoms with Crippen molar-refractivity contribution in [1.82, 2.24) is 19.9 Å². The van der Waals surface area contributed by atoms with Crippen LogP contribution in [0.25, 0.3) is 11.3 Å². The lowest BCUT2D eigenvalue weighted by atomic mass is 10.2. The second kappa shape index (κ2) is 7.15. The Morgan fingerprint density at radius 3 is 3.13 bits per heavy atom. The summed E-state index contributed by atoms with van der Waals surface area (Å²) < 4.78 is 5.67. The van der Waals surface area contributed by atoms with Gasteiger partial charge >= 0.3 is 0 Å². The number of rotatable bonds is 4. The number of hydrogen-bond acceptors (Lipinski definition) is 6. The number of carbonyl (C=O) groups excluding carboxylic acids is 1. The molecule has 1 atom stereocenters. The van der Waals surface area contributed by atoms with Crippen LogP contribution in [0.1, 0.15) is 6.92 Å². The number of nitrogens with zero attached hydrogens (tertiary/aromatic N) is 4. The molecule has 1 amide bonds. The first-order valence-electron chi connectivity index (χ1n) is 7.57. The van der Waals surface area contributed by atoms with Gasteiger partial charge in [0.05, 0.1) is 18.4 Å². The maximum atomic E-state index is 11.4. The van der Waals surface area contributed by atoms with Crippen LogP contribution in [0.4, 0.5) is 5.95 Å². The fourth-order valence-electron chi connectivity index (χ4n) is 2.45. The third-order valence-electron chi connectivity index (χ3n) is 3.68. The normalized spacial score (nSPS) is 17.8. The largest absolute Gasteiger partial charge is 0.373 e. The summed E-state index contributed by atoms with van der Waals surface area (Å²) in [5, 5.41) is 3.18. The summed E-state index contributed by atoms with van der Waals surface area (Å²) in [6.45, 7) is 3.93. The molecule has 7 nitrogen and oxygen atoms in total. The number of morpholine rings is 1. The van der Waals surface area contributed by atoms with Crippen LogP contribution in [-0.4, -0.2) is 58.1 Å². The molecule has 7 heteroatoms. The van der Waals surface area contributed by atoms with E-state index in [2.05, 4.69) is 20.3 Å². The summed E-state index contributed by atoms with van der Waals surface area (Å²) in [5.74, 6) is 0.614. The Bertz CT molecular complexity index is 665. The molecule has 0 spiro atoms. The summed E-state index contributed by atoms with van der Waals surface area (Å²) in [5.41, 5.74) is 1.75. The molecule has 2 aromatic heterocycles. The van der Waals surface area contributed by atoms with E-state index in [-0.39, 0.29) is 12.0 Å². The van der Waals surface area contributed by atoms with Crippen LogP contribution >= 0.6 is 0 Å². The van der Waals surface area contributed by atoms with Crippen molar-refractivity contribution in [2.75, 3.05) is 31.6 Å². The van der Waals surface area contributed by atoms with Crippen molar-refractivity contribution in [3.05, 3.63) is 36.8 Å². The average Bonchev–Trinajstić information content (AvgIpc) is 2.61. The van der Waals surface area contributed by atoms with Gasteiger partial charge in [0.1, 0.15) is 0 Å². The molecule has 1 unspecified atom stereocenters. The van der Waals surface area contributed by atoms with Gasteiger partial charge in [-0.25, -0.2) is 9.97 Å². The summed E-state index contributed by atoms with van der Waals surface area (Å²) in [4.78, 5) is 26.0. The van der Waals surface area contributed by atoms with Crippen LogP contribution in [0.3, 0.4) is 0 Å². The predicted molar refractivity (Wildman–Crippen MR) is 85.7 cm³/mol. The van der Waals surface area contributed by atoms with E-state index in [0.717, 1.165) is 11.3 Å². The minimum absolute atomic E-state index is 0.0571. The number of hydrogen-bond donors (Lipinski definition) is 1. The molecule has 2 aromatic rings. The van der Waals surface area contributed by atoms with Gasteiger partial charge in [-0.2, -0.15) is 0 Å². The second-order valence-corrected chi connectivity index (χ2v) is 5.35. The molecule has 1 aliphatic rings. The quantitative estimate of drug-likeness (QED) is 0.913. The van der Waals surface area contributed by atoms with Crippen molar-refractivity contribution in [3.63, 3.8) is 0 Å². The lowest BCUT2D eigenvalue weighted by molar-refractivity contribution is -0.135. The smallest absolute Gasteiger partial charge is 0.223 e. The van der Waals surface area contributed by atoms with Crippen molar-refractivity contribution in [2.45, 2.75) is 13.0 Å². The Hall–Kier alpha value is -2.54. The highest BCUT2D eigenvalue weighted by atomic mass is 16.5. The Morgan fingerprint density at radius 1 is 1.43 bits per heavy atom. The van der Waals surface area contributed by atoms with E-state index in [1.807, 2.05) is 18.2 Å². The van der Waals surface area contributed by atoms with Crippen LogP contribution < -0.4 is 5.32 Å². The fraction of sp³-hybridized carbons (Fsp3) is 0.375. The molecular weight excluding hydrogens is 294 g/mol. The standard InChI is InChI=1S/C16H19N5O2/c1-12(22)21-7-8-23-14(11-21)10-19-16-18-6-4-15(20-16)13-3-2-5-17-9-13/h2-6,9,14H,7-8,10-11H2,1H3,(H,18,19,20). The lowest BCUT2D eigenvalue weighted by Crippen LogP contribution is -2.47. The summed E-state index contributed by atoms with van der Waals surface area (Å²) in [7, 11) is 0. The van der Waals surface area contributed by atoms with Crippen LogP contribution in [0, 0.1) is 0 Å². The van der Waals surface area contributed by atoms with Gasteiger partial charge in [0.15, 0.2) is 0 Å². The Balaban J connectivity index is 1.61. The van der Waals surface area contributed by atoms with E-state index in [1.54, 1.807) is 30.4 Å². The van der Waals surface area contributed by atoms with Crippen LogP contribution in [0.5, 0.6) is 0 Å². The highest BCUT2D eigenvalue weighted by molar-refractivity contribution is 5.73. The lowest BCUT2D eigenvalue weighted by Gasteiger charge is -2.32. The first-order valence-corrected chi connectivity index (χ1v) is 7.57. The minimum atomic E-state index is -0.0571. The van der Waals surface area contributed by atoms with Crippen molar-refractivity contribution < 1.29 is 9.53 Å². The highest BCUT2D eigenvalue weighted by Gasteiger charge is 2.22. The van der Waals surface area contributed by atoms with Gasteiger partial charge in [-0.05, 0) is 18.2 Å². The molecule has 3 heterocycles. The number of pyridine rings is 1. The molecule has 1 fully saturated rings. The molecule has 1 aliphatic heterocycles. The van der Waals surface area contributed by atoms with Crippen LogP contribution in [-0.2, 0) is 9.53 Å². The number of anilines is 1. The van der Waals surface area contributed by atoms with Crippen molar-refractivity contribution in [3.8, 4) is 11.3 Å². The fourth-order valence-corrected chi connectivity index (χ4v) is 2.45. The van der Waals surface area contributed by atoms with E-state index in [9.17, 15) is 4.79 Å². The Morgan fingerprint density at radius 2 is 2.35 bits per heavy atom. The highest BCUT2D eigenvalue weighted by Crippen LogP contribution is 2.16. The summed E-state index contributed by atoms with van der Waals surface area (Å²) in [6, 6.07) is 5.67. The zero-order valence-corrected chi connectivity index (χ0v) is 13.0. The maximum Gasteiger partial charge on any atom is 0.223 e. The SMILES string of the molecule is CC(=O)N1CCOC(CNc2nccc(-c3cccnc3)n2)C1. The first kappa shape index (κ1) is 15.4. The van der Waals surface area contributed by atoms with Gasteiger partial charge in [0.2, 0.25) is 11.9 Å². The third-order valence-corrected chi connectivity index (χ3v) is 3.68. The van der Waals surface area contributed by atoms with Crippen molar-refractivity contribution in [1.29, 1.82) is 0 Å². The van der Waals surface area contributed by atoms with Crippen molar-refractivity contribution in [2.24, 2.45) is 0 Å². The molecule has 23 heavy (non-hydrogen) atoms. The summed E-state index contributed by atoms with van der Waals surface area (Å²) in [6.07, 6.45) is 5.14. The van der Waals surface area contributed by atoms with E-state index in [0.29, 0.717) is 32.2 Å². The summed E-state index contributed by atoms with van der Waals surface area (Å²) >= 11 is 0. The zero-order valence-electron chi connectivity index (χ0n) is 13.0. The van der Waals surface area contributed by atoms with Gasteiger partial charge < -0.3 is 15.0 Å². The number of amides is 1. The molecule has 0 bridgehead atoms. The van der Waals surface area contributed by atoms with Gasteiger partial charge in [0, 0.05) is 50.7 Å². The maximum absolute atomic E-state index is 11.4. The first-order chi connectivity index (χ1) is 11.2. The minimum Gasteiger partial charge on any atom is -0.373 e. The predicted octanol–water partition coefficient (Wildman–Crippen LogP) is 1.20. The molecule has 0 radical (unpaired) electrons. The van der Waals surface area contributed by atoms with Crippen LogP contribution in [0.2, 0.25) is 0 Å². The molecule has 1 N–H and O–H groups in total. The molecule has 0 aliphatic carbocycles. The monoisotopic (exact) mass is 313 g/mol. The van der Waals surface area contributed by atoms with E-state index in [1.165, 1.54) is 0 Å². The number of aromatic nitrogens is 3. The van der Waals surface area contributed by atoms with Gasteiger partial charge in [-0.1, -0.05) is 0 Å². The molecular formula is C16H19N5O2. The topological polar surface area (TPSA) is 80.2 Å². The van der Waals surface area contributed by atoms with Gasteiger partial charge in [-0.15, -0.1) is 0 Å². The van der Waals surface area contributed by atoms with E-state index >= 15 is 0 Å². The number of nitrogens with one attached hydrogen (secondary N) is 1. The second-order valence-electron chi connectivity index (χ2n) is 5.35. The van der Waals surface area contributed by atoms with E-state index in [4.69, 9.17) is 4.74 Å². The van der Waals surface area contributed by atoms with Gasteiger partial charge in [0.25, 0.3) is 0 Å². The Kier molecular flexibility index (Phi) is 4.77. The van der Waals surface area contributed by atoms with E-state index < -0.39 is 0 Å². The molecule has 0 aromatic carbocycles. The third kappa shape index (κ3) is 4.01. The van der Waals surface area contributed by atoms with Crippen molar-refractivity contribution >= 4 is 11.9 Å². The molecule has 120 valence electrons.